The van der Waals surface area contributed by atoms with Gasteiger partial charge < -0.3 is 15.8 Å². The molecule has 1 aromatic carbocycles. The monoisotopic (exact) mass is 260 g/mol. The van der Waals surface area contributed by atoms with Crippen molar-refractivity contribution >= 4 is 11.4 Å². The van der Waals surface area contributed by atoms with E-state index in [1.807, 2.05) is 49.0 Å². The number of nitrogens with one attached hydrogen (secondary N) is 1. The van der Waals surface area contributed by atoms with Crippen LogP contribution in [0.2, 0.25) is 0 Å². The second-order valence-electron chi connectivity index (χ2n) is 4.62. The maximum Gasteiger partial charge on any atom is 0.144 e. The van der Waals surface area contributed by atoms with Crippen LogP contribution in [0.1, 0.15) is 13.8 Å². The molecule has 5 nitrogen and oxygen atoms in total. The van der Waals surface area contributed by atoms with Crippen molar-refractivity contribution in [2.45, 2.75) is 26.5 Å². The van der Waals surface area contributed by atoms with E-state index in [1.54, 1.807) is 6.20 Å². The normalized spacial score (nSPS) is 10.7. The Morgan fingerprint density at radius 1 is 1.42 bits per heavy atom. The standard InChI is InChI=1S/C14H20N4O/c1-11(2)19-14-10-12(4-5-13(14)15)16-7-9-18-8-3-6-17-18/h3-6,8,10-11,16H,7,9,15H2,1-2H3. The Kier molecular flexibility index (Phi) is 4.28. The molecule has 0 fully saturated rings. The second-order valence-corrected chi connectivity index (χ2v) is 4.62. The SMILES string of the molecule is CC(C)Oc1cc(NCCn2cccn2)ccc1N. The highest BCUT2D eigenvalue weighted by atomic mass is 16.5. The molecule has 0 amide bonds. The van der Waals surface area contributed by atoms with E-state index in [9.17, 15) is 0 Å². The Hall–Kier alpha value is -2.17. The molecule has 0 radical (unpaired) electrons. The molecule has 5 heteroatoms. The van der Waals surface area contributed by atoms with Gasteiger partial charge in [0.05, 0.1) is 18.3 Å². The van der Waals surface area contributed by atoms with Crippen LogP contribution in [-0.4, -0.2) is 22.4 Å². The van der Waals surface area contributed by atoms with Gasteiger partial charge >= 0.3 is 0 Å². The molecule has 3 N–H and O–H groups in total. The third-order valence-corrected chi connectivity index (χ3v) is 2.61. The summed E-state index contributed by atoms with van der Waals surface area (Å²) in [4.78, 5) is 0. The summed E-state index contributed by atoms with van der Waals surface area (Å²) >= 11 is 0. The Bertz CT molecular complexity index is 508. The van der Waals surface area contributed by atoms with Crippen LogP contribution in [0.25, 0.3) is 0 Å². The lowest BCUT2D eigenvalue weighted by molar-refractivity contribution is 0.244. The van der Waals surface area contributed by atoms with Crippen LogP contribution in [0.15, 0.2) is 36.7 Å². The number of rotatable bonds is 6. The van der Waals surface area contributed by atoms with Crippen LogP contribution in [0, 0.1) is 0 Å². The minimum Gasteiger partial charge on any atom is -0.489 e. The van der Waals surface area contributed by atoms with Crippen molar-refractivity contribution in [3.63, 3.8) is 0 Å². The number of ether oxygens (including phenoxy) is 1. The summed E-state index contributed by atoms with van der Waals surface area (Å²) in [6.07, 6.45) is 3.83. The van der Waals surface area contributed by atoms with Gasteiger partial charge in [-0.25, -0.2) is 0 Å². The number of nitrogens with two attached hydrogens (primary N) is 1. The van der Waals surface area contributed by atoms with Crippen LogP contribution < -0.4 is 15.8 Å². The first-order valence-corrected chi connectivity index (χ1v) is 6.42. The summed E-state index contributed by atoms with van der Waals surface area (Å²) in [5.74, 6) is 0.721. The molecule has 0 aliphatic heterocycles. The van der Waals surface area contributed by atoms with Crippen molar-refractivity contribution in [2.24, 2.45) is 0 Å². The summed E-state index contributed by atoms with van der Waals surface area (Å²) in [6, 6.07) is 7.65. The molecule has 0 aliphatic rings. The minimum atomic E-state index is 0.113. The molecule has 19 heavy (non-hydrogen) atoms. The molecule has 0 atom stereocenters. The largest absolute Gasteiger partial charge is 0.489 e. The first-order chi connectivity index (χ1) is 9.15. The highest BCUT2D eigenvalue weighted by molar-refractivity contribution is 5.61. The molecule has 0 bridgehead atoms. The smallest absolute Gasteiger partial charge is 0.144 e. The first kappa shape index (κ1) is 13.3. The fraction of sp³-hybridized carbons (Fsp3) is 0.357. The zero-order chi connectivity index (χ0) is 13.7. The summed E-state index contributed by atoms with van der Waals surface area (Å²) in [5, 5.41) is 7.48. The van der Waals surface area contributed by atoms with Gasteiger partial charge in [-0.3, -0.25) is 4.68 Å². The molecule has 0 aliphatic carbocycles. The van der Waals surface area contributed by atoms with E-state index in [-0.39, 0.29) is 6.10 Å². The predicted molar refractivity (Wildman–Crippen MR) is 77.3 cm³/mol. The van der Waals surface area contributed by atoms with Crippen LogP contribution >= 0.6 is 0 Å². The van der Waals surface area contributed by atoms with Gasteiger partial charge in [0.25, 0.3) is 0 Å². The summed E-state index contributed by atoms with van der Waals surface area (Å²) < 4.78 is 7.54. The number of aromatic nitrogens is 2. The highest BCUT2D eigenvalue weighted by Crippen LogP contribution is 2.26. The Morgan fingerprint density at radius 2 is 2.26 bits per heavy atom. The van der Waals surface area contributed by atoms with E-state index in [0.717, 1.165) is 24.5 Å². The van der Waals surface area contributed by atoms with E-state index >= 15 is 0 Å². The lowest BCUT2D eigenvalue weighted by Gasteiger charge is -2.14. The van der Waals surface area contributed by atoms with Crippen molar-refractivity contribution in [3.8, 4) is 5.75 Å². The molecule has 102 valence electrons. The second kappa shape index (κ2) is 6.13. The lowest BCUT2D eigenvalue weighted by atomic mass is 10.2. The van der Waals surface area contributed by atoms with Crippen molar-refractivity contribution in [1.29, 1.82) is 0 Å². The summed E-state index contributed by atoms with van der Waals surface area (Å²) in [6.45, 7) is 5.58. The molecule has 0 saturated heterocycles. The Morgan fingerprint density at radius 3 is 2.95 bits per heavy atom. The molecule has 1 aromatic heterocycles. The van der Waals surface area contributed by atoms with Gasteiger partial charge in [0.1, 0.15) is 5.75 Å². The van der Waals surface area contributed by atoms with E-state index in [0.29, 0.717) is 5.69 Å². The Balaban J connectivity index is 1.93. The van der Waals surface area contributed by atoms with E-state index in [1.165, 1.54) is 0 Å². The van der Waals surface area contributed by atoms with Gasteiger partial charge in [0.15, 0.2) is 0 Å². The zero-order valence-electron chi connectivity index (χ0n) is 11.3. The number of benzene rings is 1. The molecule has 2 rings (SSSR count). The van der Waals surface area contributed by atoms with Gasteiger partial charge in [-0.05, 0) is 32.0 Å². The van der Waals surface area contributed by atoms with Crippen molar-refractivity contribution < 1.29 is 4.74 Å². The third-order valence-electron chi connectivity index (χ3n) is 2.61. The predicted octanol–water partition coefficient (Wildman–Crippen LogP) is 2.36. The lowest BCUT2D eigenvalue weighted by Crippen LogP contribution is -2.11. The van der Waals surface area contributed by atoms with Crippen LogP contribution in [0.3, 0.4) is 0 Å². The highest BCUT2D eigenvalue weighted by Gasteiger charge is 2.04. The first-order valence-electron chi connectivity index (χ1n) is 6.42. The van der Waals surface area contributed by atoms with Crippen LogP contribution in [-0.2, 0) is 6.54 Å². The average Bonchev–Trinajstić information content (AvgIpc) is 2.86. The number of nitrogen functional groups attached to an aromatic ring is 1. The summed E-state index contributed by atoms with van der Waals surface area (Å²) in [5.41, 5.74) is 7.53. The third kappa shape index (κ3) is 3.91. The molecule has 2 aromatic rings. The van der Waals surface area contributed by atoms with Crippen molar-refractivity contribution in [3.05, 3.63) is 36.7 Å². The molecule has 1 heterocycles. The van der Waals surface area contributed by atoms with Gasteiger partial charge in [0, 0.05) is 30.7 Å². The van der Waals surface area contributed by atoms with E-state index in [2.05, 4.69) is 10.4 Å². The molecular weight excluding hydrogens is 240 g/mol. The quantitative estimate of drug-likeness (QED) is 0.783. The molecule has 0 unspecified atom stereocenters. The number of nitrogens with zero attached hydrogens (tertiary/aromatic N) is 2. The van der Waals surface area contributed by atoms with Crippen molar-refractivity contribution in [2.75, 3.05) is 17.6 Å². The van der Waals surface area contributed by atoms with Gasteiger partial charge in [-0.2, -0.15) is 5.10 Å². The maximum absolute atomic E-state index is 5.88. The Labute approximate surface area is 113 Å². The van der Waals surface area contributed by atoms with Gasteiger partial charge in [-0.1, -0.05) is 0 Å². The molecular formula is C14H20N4O. The van der Waals surface area contributed by atoms with Crippen molar-refractivity contribution in [1.82, 2.24) is 9.78 Å². The van der Waals surface area contributed by atoms with Gasteiger partial charge in [-0.15, -0.1) is 0 Å². The van der Waals surface area contributed by atoms with E-state index < -0.39 is 0 Å². The zero-order valence-corrected chi connectivity index (χ0v) is 11.3. The average molecular weight is 260 g/mol. The summed E-state index contributed by atoms with van der Waals surface area (Å²) in [7, 11) is 0. The van der Waals surface area contributed by atoms with E-state index in [4.69, 9.17) is 10.5 Å². The molecule has 0 spiro atoms. The molecule has 0 saturated carbocycles. The number of hydrogen-bond acceptors (Lipinski definition) is 4. The topological polar surface area (TPSA) is 65.1 Å². The fourth-order valence-corrected chi connectivity index (χ4v) is 1.75. The maximum atomic E-state index is 5.88. The van der Waals surface area contributed by atoms with Gasteiger partial charge in [0.2, 0.25) is 0 Å². The fourth-order valence-electron chi connectivity index (χ4n) is 1.75. The number of anilines is 2. The number of hydrogen-bond donors (Lipinski definition) is 2. The van der Waals surface area contributed by atoms with Crippen LogP contribution in [0.4, 0.5) is 11.4 Å². The minimum absolute atomic E-state index is 0.113. The van der Waals surface area contributed by atoms with Crippen LogP contribution in [0.5, 0.6) is 5.75 Å².